The normalized spacial score (nSPS) is 10.3. The molecule has 23 heavy (non-hydrogen) atoms. The van der Waals surface area contributed by atoms with E-state index in [9.17, 15) is 26.3 Å². The molecule has 0 unspecified atom stereocenters. The van der Waals surface area contributed by atoms with Gasteiger partial charge in [-0.3, -0.25) is 0 Å². The van der Waals surface area contributed by atoms with Gasteiger partial charge < -0.3 is 0 Å². The van der Waals surface area contributed by atoms with E-state index in [0.717, 1.165) is 24.3 Å². The van der Waals surface area contributed by atoms with Crippen molar-refractivity contribution in [2.75, 3.05) is 0 Å². The fourth-order valence-electron chi connectivity index (χ4n) is 1.25. The van der Waals surface area contributed by atoms with E-state index in [1.807, 2.05) is 0 Å². The number of nitrogens with one attached hydrogen (secondary N) is 2. The second kappa shape index (κ2) is 9.42. The van der Waals surface area contributed by atoms with Gasteiger partial charge in [-0.1, -0.05) is 60.7 Å². The van der Waals surface area contributed by atoms with E-state index >= 15 is 0 Å². The Balaban J connectivity index is 0.000000360. The Hall–Kier alpha value is -2.60. The molecule has 0 aliphatic carbocycles. The molecule has 2 aromatic rings. The Bertz CT molecular complexity index is 535. The van der Waals surface area contributed by atoms with Gasteiger partial charge >= 0.3 is 12.4 Å². The Labute approximate surface area is 128 Å². The van der Waals surface area contributed by atoms with Crippen molar-refractivity contribution in [2.45, 2.75) is 12.4 Å². The molecule has 2 aromatic carbocycles. The van der Waals surface area contributed by atoms with Crippen LogP contribution in [0.5, 0.6) is 0 Å². The summed E-state index contributed by atoms with van der Waals surface area (Å²) in [6, 6.07) is 14.0. The van der Waals surface area contributed by atoms with Gasteiger partial charge in [0.2, 0.25) is 0 Å². The van der Waals surface area contributed by atoms with Crippen molar-refractivity contribution >= 4 is 6.01 Å². The zero-order valence-electron chi connectivity index (χ0n) is 11.5. The molecule has 2 rings (SSSR count). The van der Waals surface area contributed by atoms with Crippen molar-refractivity contribution < 1.29 is 26.3 Å². The largest absolute Gasteiger partial charge is 0.416 e. The average Bonchev–Trinajstić information content (AvgIpc) is 2.49. The summed E-state index contributed by atoms with van der Waals surface area (Å²) in [5.74, 6) is 0. The Morgan fingerprint density at radius 1 is 0.565 bits per heavy atom. The van der Waals surface area contributed by atoms with Crippen LogP contribution in [0.15, 0.2) is 60.7 Å². The van der Waals surface area contributed by atoms with Gasteiger partial charge in [0, 0.05) is 0 Å². The molecule has 0 aliphatic rings. The number of hydrogen-bond donors (Lipinski definition) is 2. The molecule has 8 heteroatoms. The van der Waals surface area contributed by atoms with Gasteiger partial charge in [-0.15, -0.1) is 0 Å². The van der Waals surface area contributed by atoms with Gasteiger partial charge in [0.25, 0.3) is 0 Å². The van der Waals surface area contributed by atoms with Gasteiger partial charge in [0.05, 0.1) is 17.1 Å². The van der Waals surface area contributed by atoms with Gasteiger partial charge in [0.15, 0.2) is 0 Å². The molecular formula is C15H12F6N2. The van der Waals surface area contributed by atoms with Crippen LogP contribution in [0.4, 0.5) is 26.3 Å². The van der Waals surface area contributed by atoms with E-state index < -0.39 is 23.5 Å². The van der Waals surface area contributed by atoms with Crippen LogP contribution in [-0.2, 0) is 12.4 Å². The monoisotopic (exact) mass is 334 g/mol. The number of benzene rings is 2. The molecule has 0 atom stereocenters. The first-order chi connectivity index (χ1) is 10.6. The summed E-state index contributed by atoms with van der Waals surface area (Å²) in [6.07, 6.45) is -8.41. The summed E-state index contributed by atoms with van der Waals surface area (Å²) in [5.41, 5.74) is -1.20. The first-order valence-corrected chi connectivity index (χ1v) is 5.96. The Morgan fingerprint density at radius 3 is 0.913 bits per heavy atom. The van der Waals surface area contributed by atoms with Gasteiger partial charge in [-0.05, 0) is 0 Å². The molecule has 0 spiro atoms. The van der Waals surface area contributed by atoms with Crippen molar-refractivity contribution in [3.8, 4) is 0 Å². The van der Waals surface area contributed by atoms with E-state index in [-0.39, 0.29) is 0 Å². The highest BCUT2D eigenvalue weighted by molar-refractivity contribution is 5.29. The topological polar surface area (TPSA) is 47.7 Å². The first-order valence-electron chi connectivity index (χ1n) is 5.96. The van der Waals surface area contributed by atoms with Gasteiger partial charge in [-0.25, -0.2) is 10.8 Å². The van der Waals surface area contributed by atoms with Crippen molar-refractivity contribution in [2.24, 2.45) is 0 Å². The molecule has 0 amide bonds. The minimum Gasteiger partial charge on any atom is -0.242 e. The minimum atomic E-state index is -4.21. The molecule has 0 heterocycles. The molecular weight excluding hydrogens is 322 g/mol. The van der Waals surface area contributed by atoms with Crippen molar-refractivity contribution in [3.05, 3.63) is 71.8 Å². The third kappa shape index (κ3) is 9.10. The number of alkyl halides is 6. The predicted octanol–water partition coefficient (Wildman–Crippen LogP) is 5.73. The van der Waals surface area contributed by atoms with Crippen LogP contribution in [-0.4, -0.2) is 6.01 Å². The quantitative estimate of drug-likeness (QED) is 0.457. The van der Waals surface area contributed by atoms with Crippen molar-refractivity contribution in [1.29, 1.82) is 10.8 Å². The number of rotatable bonds is 0. The molecule has 0 saturated carbocycles. The first kappa shape index (κ1) is 20.4. The van der Waals surface area contributed by atoms with Crippen LogP contribution < -0.4 is 0 Å². The Kier molecular flexibility index (Phi) is 8.36. The maximum atomic E-state index is 11.8. The van der Waals surface area contributed by atoms with Crippen molar-refractivity contribution in [1.82, 2.24) is 0 Å². The maximum absolute atomic E-state index is 11.8. The average molecular weight is 334 g/mol. The molecule has 0 saturated heterocycles. The molecule has 0 aromatic heterocycles. The van der Waals surface area contributed by atoms with Gasteiger partial charge in [-0.2, -0.15) is 26.3 Å². The molecule has 0 radical (unpaired) electrons. The zero-order chi connectivity index (χ0) is 17.9. The van der Waals surface area contributed by atoms with Gasteiger partial charge in [0.1, 0.15) is 0 Å². The lowest BCUT2D eigenvalue weighted by atomic mass is 10.2. The Morgan fingerprint density at radius 2 is 0.783 bits per heavy atom. The summed E-state index contributed by atoms with van der Waals surface area (Å²) in [6.45, 7) is 0. The third-order valence-corrected chi connectivity index (χ3v) is 2.20. The lowest BCUT2D eigenvalue weighted by Gasteiger charge is -2.03. The second-order valence-corrected chi connectivity index (χ2v) is 3.85. The summed E-state index contributed by atoms with van der Waals surface area (Å²) < 4.78 is 70.7. The summed E-state index contributed by atoms with van der Waals surface area (Å²) in [4.78, 5) is 0. The van der Waals surface area contributed by atoms with Crippen LogP contribution in [0.25, 0.3) is 0 Å². The SMILES string of the molecule is FC(F)(F)c1ccccc1.FC(F)(F)c1ccccc1.N=C=N. The second-order valence-electron chi connectivity index (χ2n) is 3.85. The molecule has 2 nitrogen and oxygen atoms in total. The molecule has 0 bridgehead atoms. The highest BCUT2D eigenvalue weighted by atomic mass is 19.4. The highest BCUT2D eigenvalue weighted by Gasteiger charge is 2.30. The number of halogens is 6. The predicted molar refractivity (Wildman–Crippen MR) is 73.3 cm³/mol. The fourth-order valence-corrected chi connectivity index (χ4v) is 1.25. The standard InChI is InChI=1S/2C7H5F3.CH2N2/c2*8-7(9,10)6-4-2-1-3-5-6;2-1-3/h2*1-5H;2-3H. The van der Waals surface area contributed by atoms with E-state index in [0.29, 0.717) is 0 Å². The van der Waals surface area contributed by atoms with E-state index in [1.165, 1.54) is 30.3 Å². The molecule has 2 N–H and O–H groups in total. The third-order valence-electron chi connectivity index (χ3n) is 2.20. The molecule has 0 fully saturated rings. The van der Waals surface area contributed by atoms with E-state index in [4.69, 9.17) is 10.8 Å². The van der Waals surface area contributed by atoms with Crippen LogP contribution in [0, 0.1) is 10.8 Å². The smallest absolute Gasteiger partial charge is 0.242 e. The van der Waals surface area contributed by atoms with Crippen molar-refractivity contribution in [3.63, 3.8) is 0 Å². The summed E-state index contributed by atoms with van der Waals surface area (Å²) >= 11 is 0. The zero-order valence-corrected chi connectivity index (χ0v) is 11.5. The van der Waals surface area contributed by atoms with Crippen LogP contribution in [0.3, 0.4) is 0 Å². The number of hydrogen-bond acceptors (Lipinski definition) is 2. The molecule has 124 valence electrons. The van der Waals surface area contributed by atoms with E-state index in [1.54, 1.807) is 12.1 Å². The lowest BCUT2D eigenvalue weighted by molar-refractivity contribution is -0.138. The maximum Gasteiger partial charge on any atom is 0.416 e. The van der Waals surface area contributed by atoms with Crippen LogP contribution in [0.2, 0.25) is 0 Å². The van der Waals surface area contributed by atoms with Crippen LogP contribution >= 0.6 is 0 Å². The molecule has 0 aliphatic heterocycles. The highest BCUT2D eigenvalue weighted by Crippen LogP contribution is 2.28. The van der Waals surface area contributed by atoms with E-state index in [2.05, 4.69) is 0 Å². The minimum absolute atomic E-state index is 0.602. The lowest BCUT2D eigenvalue weighted by Crippen LogP contribution is -2.03. The van der Waals surface area contributed by atoms with Crippen LogP contribution in [0.1, 0.15) is 11.1 Å². The summed E-state index contributed by atoms with van der Waals surface area (Å²) in [5, 5.41) is 11.2. The summed E-state index contributed by atoms with van der Waals surface area (Å²) in [7, 11) is 0. The fraction of sp³-hybridized carbons (Fsp3) is 0.133.